The summed E-state index contributed by atoms with van der Waals surface area (Å²) in [6, 6.07) is 21.7. The average Bonchev–Trinajstić information content (AvgIpc) is 3.31. The predicted molar refractivity (Wildman–Crippen MR) is 131 cm³/mol. The van der Waals surface area contributed by atoms with Gasteiger partial charge in [-0.1, -0.05) is 67.1 Å². The molecular formula is C28H29ClN2. The smallest absolute Gasteiger partial charge is 0.0702 e. The molecule has 1 aliphatic heterocycles. The topological polar surface area (TPSA) is 16.1 Å². The monoisotopic (exact) mass is 428 g/mol. The molecule has 5 rings (SSSR count). The molecule has 1 saturated heterocycles. The summed E-state index contributed by atoms with van der Waals surface area (Å²) in [6.07, 6.45) is 9.60. The molecule has 3 aromatic rings. The highest BCUT2D eigenvalue weighted by Gasteiger charge is 2.25. The predicted octanol–water partition coefficient (Wildman–Crippen LogP) is 7.35. The van der Waals surface area contributed by atoms with Crippen LogP contribution >= 0.6 is 11.6 Å². The first-order valence-electron chi connectivity index (χ1n) is 11.4. The minimum Gasteiger partial charge on any atom is -0.297 e. The normalized spacial score (nSPS) is 20.1. The Hall–Kier alpha value is -2.42. The standard InChI is InChI=1S/C28H29ClN2/c1-20-14-16-31(17-15-20)27-12-8-24(18-27)21-2-4-23(5-3-21)28-13-9-25(19-30-28)22-6-10-26(29)11-7-22/h2-7,9-11,13,18-20,27H,8,12,14-17H2,1H3. The lowest BCUT2D eigenvalue weighted by Gasteiger charge is -2.34. The minimum absolute atomic E-state index is 0.629. The zero-order valence-electron chi connectivity index (χ0n) is 18.1. The van der Waals surface area contributed by atoms with Gasteiger partial charge in [0.2, 0.25) is 0 Å². The van der Waals surface area contributed by atoms with E-state index in [0.29, 0.717) is 6.04 Å². The molecule has 0 N–H and O–H groups in total. The Morgan fingerprint density at radius 3 is 2.10 bits per heavy atom. The van der Waals surface area contributed by atoms with Gasteiger partial charge in [-0.25, -0.2) is 0 Å². The maximum absolute atomic E-state index is 5.99. The number of nitrogens with zero attached hydrogens (tertiary/aromatic N) is 2. The molecule has 0 radical (unpaired) electrons. The number of halogens is 1. The fourth-order valence-electron chi connectivity index (χ4n) is 4.82. The highest BCUT2D eigenvalue weighted by molar-refractivity contribution is 6.30. The van der Waals surface area contributed by atoms with Crippen molar-refractivity contribution in [3.63, 3.8) is 0 Å². The SMILES string of the molecule is CC1CCN(C2C=C(c3ccc(-c4ccc(-c5ccc(Cl)cc5)cn4)cc3)CC2)CC1. The second-order valence-electron chi connectivity index (χ2n) is 9.03. The lowest BCUT2D eigenvalue weighted by molar-refractivity contribution is 0.160. The quantitative estimate of drug-likeness (QED) is 0.431. The summed E-state index contributed by atoms with van der Waals surface area (Å²) in [6.45, 7) is 4.90. The van der Waals surface area contributed by atoms with Crippen LogP contribution in [0.3, 0.4) is 0 Å². The van der Waals surface area contributed by atoms with Gasteiger partial charge < -0.3 is 0 Å². The summed E-state index contributed by atoms with van der Waals surface area (Å²) in [7, 11) is 0. The zero-order chi connectivity index (χ0) is 21.2. The largest absolute Gasteiger partial charge is 0.297 e. The molecule has 1 atom stereocenters. The molecule has 2 aromatic carbocycles. The van der Waals surface area contributed by atoms with Gasteiger partial charge in [0.15, 0.2) is 0 Å². The van der Waals surface area contributed by atoms with Gasteiger partial charge in [0.05, 0.1) is 5.69 Å². The molecule has 0 bridgehead atoms. The van der Waals surface area contributed by atoms with Gasteiger partial charge in [-0.2, -0.15) is 0 Å². The van der Waals surface area contributed by atoms with E-state index in [-0.39, 0.29) is 0 Å². The van der Waals surface area contributed by atoms with E-state index in [9.17, 15) is 0 Å². The fourth-order valence-corrected chi connectivity index (χ4v) is 4.95. The van der Waals surface area contributed by atoms with Crippen LogP contribution in [-0.2, 0) is 0 Å². The molecule has 2 heterocycles. The molecule has 1 aliphatic carbocycles. The highest BCUT2D eigenvalue weighted by Crippen LogP contribution is 2.33. The maximum atomic E-state index is 5.99. The maximum Gasteiger partial charge on any atom is 0.0702 e. The number of allylic oxidation sites excluding steroid dienone is 1. The lowest BCUT2D eigenvalue weighted by Crippen LogP contribution is -2.39. The molecular weight excluding hydrogens is 400 g/mol. The van der Waals surface area contributed by atoms with Crippen LogP contribution in [0.1, 0.15) is 38.2 Å². The Bertz CT molecular complexity index is 1040. The first-order chi connectivity index (χ1) is 15.2. The zero-order valence-corrected chi connectivity index (χ0v) is 18.9. The fraction of sp³-hybridized carbons (Fsp3) is 0.321. The van der Waals surface area contributed by atoms with Crippen LogP contribution in [0.5, 0.6) is 0 Å². The summed E-state index contributed by atoms with van der Waals surface area (Å²) in [5, 5.41) is 0.752. The van der Waals surface area contributed by atoms with Gasteiger partial charge in [-0.3, -0.25) is 9.88 Å². The summed E-state index contributed by atoms with van der Waals surface area (Å²) < 4.78 is 0. The van der Waals surface area contributed by atoms with Gasteiger partial charge in [0.25, 0.3) is 0 Å². The molecule has 0 spiro atoms. The molecule has 2 aliphatic rings. The Morgan fingerprint density at radius 2 is 1.42 bits per heavy atom. The van der Waals surface area contributed by atoms with Crippen LogP contribution in [0.25, 0.3) is 28.0 Å². The Morgan fingerprint density at radius 1 is 0.774 bits per heavy atom. The molecule has 1 fully saturated rings. The van der Waals surface area contributed by atoms with Crippen molar-refractivity contribution in [3.05, 3.63) is 83.5 Å². The third-order valence-corrected chi connectivity index (χ3v) is 7.13. The van der Waals surface area contributed by atoms with E-state index >= 15 is 0 Å². The van der Waals surface area contributed by atoms with Crippen LogP contribution in [0.4, 0.5) is 0 Å². The number of aromatic nitrogens is 1. The van der Waals surface area contributed by atoms with E-state index in [1.165, 1.54) is 49.9 Å². The first-order valence-corrected chi connectivity index (χ1v) is 11.8. The van der Waals surface area contributed by atoms with E-state index in [1.54, 1.807) is 0 Å². The molecule has 2 nitrogen and oxygen atoms in total. The second-order valence-corrected chi connectivity index (χ2v) is 9.47. The Balaban J connectivity index is 1.28. The first kappa shape index (κ1) is 20.5. The van der Waals surface area contributed by atoms with Crippen LogP contribution in [0, 0.1) is 5.92 Å². The number of benzene rings is 2. The summed E-state index contributed by atoms with van der Waals surface area (Å²) >= 11 is 5.99. The Labute approximate surface area is 190 Å². The third kappa shape index (κ3) is 4.61. The van der Waals surface area contributed by atoms with E-state index in [1.807, 2.05) is 30.5 Å². The lowest BCUT2D eigenvalue weighted by atomic mass is 9.98. The third-order valence-electron chi connectivity index (χ3n) is 6.88. The summed E-state index contributed by atoms with van der Waals surface area (Å²) in [4.78, 5) is 7.39. The molecule has 31 heavy (non-hydrogen) atoms. The van der Waals surface area contributed by atoms with E-state index < -0.39 is 0 Å². The average molecular weight is 429 g/mol. The molecule has 1 aromatic heterocycles. The second kappa shape index (κ2) is 8.98. The van der Waals surface area contributed by atoms with Gasteiger partial charge in [-0.15, -0.1) is 0 Å². The molecule has 158 valence electrons. The van der Waals surface area contributed by atoms with Gasteiger partial charge in [-0.05, 0) is 79.6 Å². The van der Waals surface area contributed by atoms with Crippen molar-refractivity contribution in [2.24, 2.45) is 5.92 Å². The molecule has 1 unspecified atom stereocenters. The highest BCUT2D eigenvalue weighted by atomic mass is 35.5. The van der Waals surface area contributed by atoms with Crippen molar-refractivity contribution < 1.29 is 0 Å². The van der Waals surface area contributed by atoms with Gasteiger partial charge in [0, 0.05) is 28.4 Å². The number of hydrogen-bond donors (Lipinski definition) is 0. The number of likely N-dealkylation sites (tertiary alicyclic amines) is 1. The summed E-state index contributed by atoms with van der Waals surface area (Å²) in [5.41, 5.74) is 7.25. The van der Waals surface area contributed by atoms with Crippen molar-refractivity contribution in [1.82, 2.24) is 9.88 Å². The minimum atomic E-state index is 0.629. The van der Waals surface area contributed by atoms with E-state index in [4.69, 9.17) is 16.6 Å². The van der Waals surface area contributed by atoms with Crippen LogP contribution in [0.15, 0.2) is 72.9 Å². The number of piperidine rings is 1. The van der Waals surface area contributed by atoms with Crippen molar-refractivity contribution in [2.75, 3.05) is 13.1 Å². The van der Waals surface area contributed by atoms with Crippen LogP contribution < -0.4 is 0 Å². The molecule has 0 saturated carbocycles. The number of pyridine rings is 1. The van der Waals surface area contributed by atoms with Gasteiger partial charge in [0.1, 0.15) is 0 Å². The van der Waals surface area contributed by atoms with E-state index in [0.717, 1.165) is 33.3 Å². The molecule has 0 amide bonds. The Kier molecular flexibility index (Phi) is 5.93. The number of hydrogen-bond acceptors (Lipinski definition) is 2. The van der Waals surface area contributed by atoms with Gasteiger partial charge >= 0.3 is 0 Å². The van der Waals surface area contributed by atoms with E-state index in [2.05, 4.69) is 54.3 Å². The van der Waals surface area contributed by atoms with Crippen LogP contribution in [-0.4, -0.2) is 29.0 Å². The molecule has 3 heteroatoms. The summed E-state index contributed by atoms with van der Waals surface area (Å²) in [5.74, 6) is 0.891. The van der Waals surface area contributed by atoms with Crippen molar-refractivity contribution >= 4 is 17.2 Å². The van der Waals surface area contributed by atoms with Crippen molar-refractivity contribution in [2.45, 2.75) is 38.6 Å². The number of rotatable bonds is 4. The van der Waals surface area contributed by atoms with Crippen molar-refractivity contribution in [3.8, 4) is 22.4 Å². The van der Waals surface area contributed by atoms with Crippen molar-refractivity contribution in [1.29, 1.82) is 0 Å². The van der Waals surface area contributed by atoms with Crippen LogP contribution in [0.2, 0.25) is 5.02 Å².